The fraction of sp³-hybridized carbons (Fsp3) is 0. The highest BCUT2D eigenvalue weighted by Gasteiger charge is 2.17. The van der Waals surface area contributed by atoms with Gasteiger partial charge in [0.15, 0.2) is 5.82 Å². The normalized spacial score (nSPS) is 11.6. The third-order valence-corrected chi connectivity index (χ3v) is 12.0. The van der Waals surface area contributed by atoms with Gasteiger partial charge < -0.3 is 4.57 Å². The lowest BCUT2D eigenvalue weighted by Gasteiger charge is -2.12. The summed E-state index contributed by atoms with van der Waals surface area (Å²) in [5.41, 5.74) is 12.9. The van der Waals surface area contributed by atoms with Crippen LogP contribution in [0.2, 0.25) is 0 Å². The molecular weight excluding hydrogens is 701 g/mol. The number of fused-ring (bicyclic) bond motifs is 6. The minimum absolute atomic E-state index is 0.697. The molecule has 11 aromatic rings. The van der Waals surface area contributed by atoms with Crippen LogP contribution in [0.5, 0.6) is 0 Å². The first-order chi connectivity index (χ1) is 27.7. The number of hydrogen-bond donors (Lipinski definition) is 0. The fourth-order valence-electron chi connectivity index (χ4n) is 8.00. The molecule has 11 rings (SSSR count). The third kappa shape index (κ3) is 5.48. The van der Waals surface area contributed by atoms with Crippen LogP contribution in [0.4, 0.5) is 0 Å². The number of aromatic nitrogens is 4. The molecule has 0 fully saturated rings. The summed E-state index contributed by atoms with van der Waals surface area (Å²) < 4.78 is 5.03. The second-order valence-electron chi connectivity index (χ2n) is 14.1. The zero-order chi connectivity index (χ0) is 37.0. The Labute approximate surface area is 327 Å². The van der Waals surface area contributed by atoms with Crippen molar-refractivity contribution in [3.8, 4) is 61.8 Å². The smallest absolute Gasteiger partial charge is 0.160 e. The molecule has 0 amide bonds. The van der Waals surface area contributed by atoms with Gasteiger partial charge in [-0.1, -0.05) is 133 Å². The van der Waals surface area contributed by atoms with Crippen molar-refractivity contribution in [2.45, 2.75) is 0 Å². The van der Waals surface area contributed by atoms with Gasteiger partial charge >= 0.3 is 0 Å². The lowest BCUT2D eigenvalue weighted by molar-refractivity contribution is 1.17. The number of rotatable bonds is 6. The molecule has 0 atom stereocenters. The summed E-state index contributed by atoms with van der Waals surface area (Å²) in [5.74, 6) is 0.697. The maximum Gasteiger partial charge on any atom is 0.160 e. The highest BCUT2D eigenvalue weighted by Crippen LogP contribution is 2.42. The van der Waals surface area contributed by atoms with Crippen LogP contribution in [0.1, 0.15) is 0 Å². The fourth-order valence-corrected chi connectivity index (χ4v) is 9.24. The second-order valence-corrected chi connectivity index (χ2v) is 15.1. The molecule has 262 valence electrons. The molecule has 0 N–H and O–H groups in total. The van der Waals surface area contributed by atoms with Crippen LogP contribution in [0, 0.1) is 0 Å². The molecule has 0 bridgehead atoms. The largest absolute Gasteiger partial charge is 0.309 e. The van der Waals surface area contributed by atoms with Gasteiger partial charge in [-0.05, 0) is 70.8 Å². The quantitative estimate of drug-likeness (QED) is 0.171. The number of thiophene rings is 1. The van der Waals surface area contributed by atoms with Crippen LogP contribution >= 0.6 is 11.3 Å². The van der Waals surface area contributed by atoms with Gasteiger partial charge in [0.1, 0.15) is 0 Å². The predicted molar refractivity (Wildman–Crippen MR) is 234 cm³/mol. The van der Waals surface area contributed by atoms with Gasteiger partial charge in [0.05, 0.1) is 22.4 Å². The molecule has 0 aliphatic carbocycles. The Morgan fingerprint density at radius 3 is 1.84 bits per heavy atom. The first-order valence-corrected chi connectivity index (χ1v) is 19.6. The molecular formula is C51H32N4S. The average Bonchev–Trinajstić information content (AvgIpc) is 3.83. The van der Waals surface area contributed by atoms with Crippen molar-refractivity contribution in [3.63, 3.8) is 0 Å². The zero-order valence-electron chi connectivity index (χ0n) is 30.2. The van der Waals surface area contributed by atoms with Gasteiger partial charge in [0.25, 0.3) is 0 Å². The summed E-state index contributed by atoms with van der Waals surface area (Å²) in [6.45, 7) is 0. The van der Waals surface area contributed by atoms with Crippen molar-refractivity contribution >= 4 is 53.3 Å². The molecule has 0 aliphatic heterocycles. The van der Waals surface area contributed by atoms with E-state index in [0.717, 1.165) is 44.9 Å². The lowest BCUT2D eigenvalue weighted by atomic mass is 10.0. The molecule has 0 saturated heterocycles. The van der Waals surface area contributed by atoms with Gasteiger partial charge in [0.2, 0.25) is 0 Å². The monoisotopic (exact) mass is 732 g/mol. The topological polar surface area (TPSA) is 43.6 Å². The van der Waals surface area contributed by atoms with E-state index in [1.54, 1.807) is 6.20 Å². The van der Waals surface area contributed by atoms with E-state index >= 15 is 0 Å². The highest BCUT2D eigenvalue weighted by atomic mass is 32.1. The standard InChI is InChI=1S/C51H32N4S/c1-2-10-36(11-3-1)51-53-45(34-21-19-33(20-22-34)38-12-9-29-52-32-38)31-46(54-51)35-23-26-39(27-24-35)55-47-17-6-4-13-41(47)44-30-37(25-28-48(44)55)40-15-8-16-43-42-14-5-7-18-49(42)56-50(40)43/h1-32H. The van der Waals surface area contributed by atoms with E-state index in [-0.39, 0.29) is 0 Å². The van der Waals surface area contributed by atoms with E-state index in [1.165, 1.54) is 53.1 Å². The van der Waals surface area contributed by atoms with E-state index in [1.807, 2.05) is 41.8 Å². The Morgan fingerprint density at radius 1 is 0.411 bits per heavy atom. The summed E-state index contributed by atoms with van der Waals surface area (Å²) in [5, 5.41) is 5.11. The van der Waals surface area contributed by atoms with Crippen LogP contribution in [0.15, 0.2) is 194 Å². The number of hydrogen-bond acceptors (Lipinski definition) is 4. The van der Waals surface area contributed by atoms with Crippen LogP contribution in [-0.2, 0) is 0 Å². The molecule has 0 aliphatic rings. The third-order valence-electron chi connectivity index (χ3n) is 10.7. The highest BCUT2D eigenvalue weighted by molar-refractivity contribution is 7.26. The van der Waals surface area contributed by atoms with Gasteiger partial charge in [-0.2, -0.15) is 0 Å². The average molecular weight is 733 g/mol. The molecule has 0 radical (unpaired) electrons. The molecule has 4 heterocycles. The Kier molecular flexibility index (Phi) is 7.64. The molecule has 56 heavy (non-hydrogen) atoms. The second kappa shape index (κ2) is 13.3. The Hall–Kier alpha value is -7.21. The summed E-state index contributed by atoms with van der Waals surface area (Å²) in [7, 11) is 0. The first kappa shape index (κ1) is 32.2. The summed E-state index contributed by atoms with van der Waals surface area (Å²) >= 11 is 1.88. The number of para-hydroxylation sites is 1. The van der Waals surface area contributed by atoms with E-state index in [4.69, 9.17) is 9.97 Å². The minimum atomic E-state index is 0.697. The number of benzene rings is 7. The van der Waals surface area contributed by atoms with Crippen LogP contribution in [0.3, 0.4) is 0 Å². The predicted octanol–water partition coefficient (Wildman–Crippen LogP) is 13.7. The van der Waals surface area contributed by atoms with Crippen LogP contribution in [-0.4, -0.2) is 19.5 Å². The van der Waals surface area contributed by atoms with E-state index < -0.39 is 0 Å². The molecule has 0 saturated carbocycles. The number of nitrogens with zero attached hydrogens (tertiary/aromatic N) is 4. The Morgan fingerprint density at radius 2 is 1.05 bits per heavy atom. The van der Waals surface area contributed by atoms with Gasteiger partial charge in [-0.15, -0.1) is 11.3 Å². The van der Waals surface area contributed by atoms with E-state index in [9.17, 15) is 0 Å². The van der Waals surface area contributed by atoms with Gasteiger partial charge in [-0.3, -0.25) is 4.98 Å². The molecule has 5 heteroatoms. The van der Waals surface area contributed by atoms with Gasteiger partial charge in [0, 0.05) is 65.7 Å². The van der Waals surface area contributed by atoms with Crippen molar-refractivity contribution in [1.82, 2.24) is 19.5 Å². The molecule has 7 aromatic carbocycles. The summed E-state index contributed by atoms with van der Waals surface area (Å²) in [4.78, 5) is 14.5. The Balaban J connectivity index is 0.997. The maximum atomic E-state index is 5.11. The number of pyridine rings is 1. The summed E-state index contributed by atoms with van der Waals surface area (Å²) in [6, 6.07) is 64.7. The SMILES string of the molecule is c1ccc(-c2nc(-c3ccc(-c4cccnc4)cc3)cc(-c3ccc(-n4c5ccccc5c5cc(-c6cccc7c6sc6ccccc67)ccc54)cc3)n2)cc1. The molecule has 4 nitrogen and oxygen atoms in total. The van der Waals surface area contributed by atoms with E-state index in [0.29, 0.717) is 5.82 Å². The van der Waals surface area contributed by atoms with Crippen molar-refractivity contribution < 1.29 is 0 Å². The molecule has 4 aromatic heterocycles. The Bertz CT molecular complexity index is 3220. The van der Waals surface area contributed by atoms with Crippen molar-refractivity contribution in [2.24, 2.45) is 0 Å². The van der Waals surface area contributed by atoms with Gasteiger partial charge in [-0.25, -0.2) is 9.97 Å². The zero-order valence-corrected chi connectivity index (χ0v) is 31.0. The minimum Gasteiger partial charge on any atom is -0.309 e. The van der Waals surface area contributed by atoms with Crippen molar-refractivity contribution in [3.05, 3.63) is 194 Å². The lowest BCUT2D eigenvalue weighted by Crippen LogP contribution is -1.97. The van der Waals surface area contributed by atoms with Crippen molar-refractivity contribution in [2.75, 3.05) is 0 Å². The summed E-state index contributed by atoms with van der Waals surface area (Å²) in [6.07, 6.45) is 3.69. The molecule has 0 unspecified atom stereocenters. The van der Waals surface area contributed by atoms with Crippen LogP contribution in [0.25, 0.3) is 104 Å². The molecule has 0 spiro atoms. The van der Waals surface area contributed by atoms with Crippen molar-refractivity contribution in [1.29, 1.82) is 0 Å². The maximum absolute atomic E-state index is 5.11. The van der Waals surface area contributed by atoms with Crippen LogP contribution < -0.4 is 0 Å². The van der Waals surface area contributed by atoms with E-state index in [2.05, 4.69) is 167 Å². The first-order valence-electron chi connectivity index (χ1n) is 18.8.